The number of rotatable bonds is 9. The van der Waals surface area contributed by atoms with Crippen molar-refractivity contribution in [3.05, 3.63) is 53.6 Å². The minimum Gasteiger partial charge on any atom is -0.478 e. The van der Waals surface area contributed by atoms with E-state index >= 15 is 0 Å². The third kappa shape index (κ3) is 5.01. The van der Waals surface area contributed by atoms with Gasteiger partial charge in [0.25, 0.3) is 10.0 Å². The van der Waals surface area contributed by atoms with Gasteiger partial charge in [-0.2, -0.15) is 0 Å². The lowest BCUT2D eigenvalue weighted by Gasteiger charge is -2.25. The molecule has 0 aromatic heterocycles. The fraction of sp³-hybridized carbons (Fsp3) is 0.350. The standard InChI is InChI=1S/C20H26N2O4S/c1-4-6-13-22(5-2)18-12-11-16(14-17(18)20(23)24)21-27(25,26)19-10-8-7-9-15(19)3/h7-12,14,21H,4-6,13H2,1-3H3,(H,23,24). The maximum absolute atomic E-state index is 12.7. The zero-order valence-corrected chi connectivity index (χ0v) is 16.7. The van der Waals surface area contributed by atoms with Gasteiger partial charge in [0.15, 0.2) is 0 Å². The Kier molecular flexibility index (Phi) is 6.85. The maximum Gasteiger partial charge on any atom is 0.337 e. The molecule has 0 radical (unpaired) electrons. The number of carboxylic acid groups (broad SMARTS) is 1. The van der Waals surface area contributed by atoms with Crippen LogP contribution in [-0.4, -0.2) is 32.6 Å². The van der Waals surface area contributed by atoms with Crippen LogP contribution in [0.3, 0.4) is 0 Å². The third-order valence-electron chi connectivity index (χ3n) is 4.37. The summed E-state index contributed by atoms with van der Waals surface area (Å²) in [6.07, 6.45) is 1.96. The normalized spacial score (nSPS) is 11.2. The predicted molar refractivity (Wildman–Crippen MR) is 108 cm³/mol. The summed E-state index contributed by atoms with van der Waals surface area (Å²) in [7, 11) is -3.80. The maximum atomic E-state index is 12.7. The molecule has 2 aromatic carbocycles. The Balaban J connectivity index is 2.38. The van der Waals surface area contributed by atoms with Crippen LogP contribution in [0.15, 0.2) is 47.4 Å². The highest BCUT2D eigenvalue weighted by molar-refractivity contribution is 7.92. The van der Waals surface area contributed by atoms with Crippen molar-refractivity contribution in [2.45, 2.75) is 38.5 Å². The number of hydrogen-bond donors (Lipinski definition) is 2. The number of aromatic carboxylic acids is 1. The van der Waals surface area contributed by atoms with Crippen LogP contribution in [0.2, 0.25) is 0 Å². The molecule has 146 valence electrons. The Morgan fingerprint density at radius 2 is 1.85 bits per heavy atom. The van der Waals surface area contributed by atoms with E-state index in [-0.39, 0.29) is 16.1 Å². The number of carbonyl (C=O) groups is 1. The number of aryl methyl sites for hydroxylation is 1. The summed E-state index contributed by atoms with van der Waals surface area (Å²) in [5.41, 5.74) is 1.53. The molecule has 0 aliphatic heterocycles. The average molecular weight is 391 g/mol. The molecule has 0 aliphatic carbocycles. The molecule has 0 unspecified atom stereocenters. The second kappa shape index (κ2) is 8.90. The number of nitrogens with zero attached hydrogens (tertiary/aromatic N) is 1. The Morgan fingerprint density at radius 3 is 2.44 bits per heavy atom. The largest absolute Gasteiger partial charge is 0.478 e. The second-order valence-corrected chi connectivity index (χ2v) is 7.99. The molecular weight excluding hydrogens is 364 g/mol. The smallest absolute Gasteiger partial charge is 0.337 e. The topological polar surface area (TPSA) is 86.7 Å². The van der Waals surface area contributed by atoms with Crippen LogP contribution in [-0.2, 0) is 10.0 Å². The number of hydrogen-bond acceptors (Lipinski definition) is 4. The molecule has 6 nitrogen and oxygen atoms in total. The molecule has 0 aliphatic rings. The van der Waals surface area contributed by atoms with Crippen molar-refractivity contribution in [2.24, 2.45) is 0 Å². The number of anilines is 2. The minimum absolute atomic E-state index is 0.0814. The van der Waals surface area contributed by atoms with E-state index < -0.39 is 16.0 Å². The SMILES string of the molecule is CCCCN(CC)c1ccc(NS(=O)(=O)c2ccccc2C)cc1C(=O)O. The van der Waals surface area contributed by atoms with E-state index in [1.165, 1.54) is 12.1 Å². The summed E-state index contributed by atoms with van der Waals surface area (Å²) in [5.74, 6) is -1.09. The molecule has 0 atom stereocenters. The minimum atomic E-state index is -3.80. The van der Waals surface area contributed by atoms with Gasteiger partial charge in [-0.1, -0.05) is 31.5 Å². The van der Waals surface area contributed by atoms with Crippen molar-refractivity contribution >= 4 is 27.4 Å². The lowest BCUT2D eigenvalue weighted by Crippen LogP contribution is -2.26. The summed E-state index contributed by atoms with van der Waals surface area (Å²) in [4.78, 5) is 13.9. The van der Waals surface area contributed by atoms with Crippen LogP contribution >= 0.6 is 0 Å². The molecule has 2 N–H and O–H groups in total. The lowest BCUT2D eigenvalue weighted by molar-refractivity contribution is 0.0697. The van der Waals surface area contributed by atoms with Gasteiger partial charge in [0.05, 0.1) is 16.1 Å². The van der Waals surface area contributed by atoms with E-state index in [1.54, 1.807) is 37.3 Å². The zero-order valence-electron chi connectivity index (χ0n) is 15.9. The molecule has 2 rings (SSSR count). The first-order valence-corrected chi connectivity index (χ1v) is 10.5. The van der Waals surface area contributed by atoms with Crippen molar-refractivity contribution in [2.75, 3.05) is 22.7 Å². The van der Waals surface area contributed by atoms with Crippen LogP contribution in [0, 0.1) is 6.92 Å². The van der Waals surface area contributed by atoms with E-state index in [0.717, 1.165) is 19.4 Å². The first kappa shape index (κ1) is 20.8. The van der Waals surface area contributed by atoms with Crippen LogP contribution in [0.5, 0.6) is 0 Å². The van der Waals surface area contributed by atoms with Gasteiger partial charge in [-0.15, -0.1) is 0 Å². The molecule has 27 heavy (non-hydrogen) atoms. The van der Waals surface area contributed by atoms with Crippen LogP contribution in [0.4, 0.5) is 11.4 Å². The Hall–Kier alpha value is -2.54. The molecule has 0 bridgehead atoms. The van der Waals surface area contributed by atoms with E-state index in [1.807, 2.05) is 11.8 Å². The fourth-order valence-electron chi connectivity index (χ4n) is 2.91. The van der Waals surface area contributed by atoms with E-state index in [2.05, 4.69) is 11.6 Å². The van der Waals surface area contributed by atoms with Gasteiger partial charge < -0.3 is 10.0 Å². The molecule has 7 heteroatoms. The summed E-state index contributed by atoms with van der Waals surface area (Å²) in [6.45, 7) is 7.19. The number of unbranched alkanes of at least 4 members (excludes halogenated alkanes) is 1. The lowest BCUT2D eigenvalue weighted by atomic mass is 10.1. The fourth-order valence-corrected chi connectivity index (χ4v) is 4.21. The molecular formula is C20H26N2O4S. The number of carboxylic acids is 1. The number of sulfonamides is 1. The van der Waals surface area contributed by atoms with Gasteiger partial charge in [0.2, 0.25) is 0 Å². The van der Waals surface area contributed by atoms with Gasteiger partial charge in [-0.05, 0) is 50.1 Å². The first-order valence-electron chi connectivity index (χ1n) is 9.00. The molecule has 0 spiro atoms. The van der Waals surface area contributed by atoms with Crippen molar-refractivity contribution < 1.29 is 18.3 Å². The summed E-state index contributed by atoms with van der Waals surface area (Å²) in [6, 6.07) is 11.3. The highest BCUT2D eigenvalue weighted by Gasteiger charge is 2.20. The van der Waals surface area contributed by atoms with Gasteiger partial charge in [-0.25, -0.2) is 13.2 Å². The monoisotopic (exact) mass is 390 g/mol. The highest BCUT2D eigenvalue weighted by atomic mass is 32.2. The number of nitrogens with one attached hydrogen (secondary N) is 1. The van der Waals surface area contributed by atoms with Gasteiger partial charge in [0, 0.05) is 18.8 Å². The van der Waals surface area contributed by atoms with Crippen LogP contribution in [0.25, 0.3) is 0 Å². The summed E-state index contributed by atoms with van der Waals surface area (Å²) >= 11 is 0. The molecule has 2 aromatic rings. The van der Waals surface area contributed by atoms with Crippen LogP contribution < -0.4 is 9.62 Å². The second-order valence-electron chi connectivity index (χ2n) is 6.34. The summed E-state index contributed by atoms with van der Waals surface area (Å²) < 4.78 is 27.8. The van der Waals surface area contributed by atoms with Crippen molar-refractivity contribution in [3.8, 4) is 0 Å². The Bertz CT molecular complexity index is 910. The summed E-state index contributed by atoms with van der Waals surface area (Å²) in [5, 5.41) is 9.62. The van der Waals surface area contributed by atoms with Gasteiger partial charge in [0.1, 0.15) is 0 Å². The molecule has 0 amide bonds. The first-order chi connectivity index (χ1) is 12.8. The molecule has 0 fully saturated rings. The number of benzene rings is 2. The average Bonchev–Trinajstić information content (AvgIpc) is 2.63. The predicted octanol–water partition coefficient (Wildman–Crippen LogP) is 4.12. The van der Waals surface area contributed by atoms with Crippen molar-refractivity contribution in [3.63, 3.8) is 0 Å². The Morgan fingerprint density at radius 1 is 1.15 bits per heavy atom. The van der Waals surface area contributed by atoms with Gasteiger partial charge >= 0.3 is 5.97 Å². The molecule has 0 saturated carbocycles. The van der Waals surface area contributed by atoms with Gasteiger partial charge in [-0.3, -0.25) is 4.72 Å². The quantitative estimate of drug-likeness (QED) is 0.672. The van der Waals surface area contributed by atoms with E-state index in [4.69, 9.17) is 0 Å². The third-order valence-corrected chi connectivity index (χ3v) is 5.91. The van der Waals surface area contributed by atoms with E-state index in [0.29, 0.717) is 17.8 Å². The molecule has 0 saturated heterocycles. The van der Waals surface area contributed by atoms with E-state index in [9.17, 15) is 18.3 Å². The van der Waals surface area contributed by atoms with Crippen molar-refractivity contribution in [1.82, 2.24) is 0 Å². The highest BCUT2D eigenvalue weighted by Crippen LogP contribution is 2.27. The zero-order chi connectivity index (χ0) is 20.0. The van der Waals surface area contributed by atoms with Crippen molar-refractivity contribution in [1.29, 1.82) is 0 Å². The Labute approximate surface area is 160 Å². The van der Waals surface area contributed by atoms with Crippen LogP contribution in [0.1, 0.15) is 42.6 Å². The molecule has 0 heterocycles.